The van der Waals surface area contributed by atoms with Gasteiger partial charge in [-0.25, -0.2) is 4.98 Å². The average molecular weight is 303 g/mol. The summed E-state index contributed by atoms with van der Waals surface area (Å²) in [5, 5.41) is 7.02. The normalized spacial score (nSPS) is 11.9. The second-order valence-electron chi connectivity index (χ2n) is 5.31. The molecule has 0 spiro atoms. The molecule has 1 aromatic carbocycles. The lowest BCUT2D eigenvalue weighted by Crippen LogP contribution is -2.10. The highest BCUT2D eigenvalue weighted by Crippen LogP contribution is 2.25. The molecule has 0 radical (unpaired) electrons. The Kier molecular flexibility index (Phi) is 3.27. The van der Waals surface area contributed by atoms with E-state index in [0.717, 1.165) is 18.2 Å². The van der Waals surface area contributed by atoms with Gasteiger partial charge >= 0.3 is 5.92 Å². The van der Waals surface area contributed by atoms with Crippen LogP contribution >= 0.6 is 0 Å². The number of anilines is 2. The Balaban J connectivity index is 2.08. The molecule has 114 valence electrons. The van der Waals surface area contributed by atoms with E-state index in [2.05, 4.69) is 20.4 Å². The van der Waals surface area contributed by atoms with Crippen molar-refractivity contribution in [2.75, 3.05) is 5.32 Å². The first kappa shape index (κ1) is 14.4. The second-order valence-corrected chi connectivity index (χ2v) is 5.31. The van der Waals surface area contributed by atoms with Gasteiger partial charge in [0.05, 0.1) is 0 Å². The first-order valence-electron chi connectivity index (χ1n) is 6.79. The molecule has 1 N–H and O–H groups in total. The summed E-state index contributed by atoms with van der Waals surface area (Å²) in [5.41, 5.74) is 2.63. The molecule has 0 amide bonds. The van der Waals surface area contributed by atoms with Gasteiger partial charge in [-0.2, -0.15) is 18.3 Å². The fourth-order valence-electron chi connectivity index (χ4n) is 2.05. The predicted molar refractivity (Wildman–Crippen MR) is 79.5 cm³/mol. The number of hydrogen-bond donors (Lipinski definition) is 1. The minimum absolute atomic E-state index is 0.145. The number of aromatic nitrogens is 4. The molecule has 0 unspecified atom stereocenters. The fraction of sp³-hybridized carbons (Fsp3) is 0.267. The van der Waals surface area contributed by atoms with Gasteiger partial charge in [-0.1, -0.05) is 17.7 Å². The summed E-state index contributed by atoms with van der Waals surface area (Å²) in [4.78, 5) is 7.95. The van der Waals surface area contributed by atoms with E-state index in [4.69, 9.17) is 0 Å². The molecule has 0 aliphatic rings. The monoisotopic (exact) mass is 303 g/mol. The standard InChI is InChI=1S/C15H15F2N5/c1-9-4-6-11(7-5-9)19-12-8-10(2)18-14-20-13(15(3,16)17)21-22(12)14/h4-8,19H,1-3H3. The Morgan fingerprint density at radius 1 is 1.09 bits per heavy atom. The maximum absolute atomic E-state index is 13.4. The largest absolute Gasteiger partial charge is 0.340 e. The number of fused-ring (bicyclic) bond motifs is 1. The number of rotatable bonds is 3. The van der Waals surface area contributed by atoms with Gasteiger partial charge in [-0.05, 0) is 26.0 Å². The zero-order valence-electron chi connectivity index (χ0n) is 12.4. The number of hydrogen-bond acceptors (Lipinski definition) is 4. The Labute approximate surface area is 126 Å². The molecule has 2 aromatic heterocycles. The average Bonchev–Trinajstić information content (AvgIpc) is 2.85. The minimum atomic E-state index is -3.11. The molecule has 5 nitrogen and oxygen atoms in total. The maximum atomic E-state index is 13.4. The van der Waals surface area contributed by atoms with Gasteiger partial charge in [0.2, 0.25) is 5.82 Å². The third kappa shape index (κ3) is 2.74. The van der Waals surface area contributed by atoms with Crippen molar-refractivity contribution in [2.45, 2.75) is 26.7 Å². The van der Waals surface area contributed by atoms with Crippen molar-refractivity contribution in [1.82, 2.24) is 19.6 Å². The van der Waals surface area contributed by atoms with E-state index < -0.39 is 11.7 Å². The van der Waals surface area contributed by atoms with E-state index >= 15 is 0 Å². The summed E-state index contributed by atoms with van der Waals surface area (Å²) in [6.07, 6.45) is 0. The Morgan fingerprint density at radius 2 is 1.77 bits per heavy atom. The van der Waals surface area contributed by atoms with Gasteiger partial charge in [-0.3, -0.25) is 0 Å². The summed E-state index contributed by atoms with van der Waals surface area (Å²) in [7, 11) is 0. The smallest absolute Gasteiger partial charge is 0.305 e. The summed E-state index contributed by atoms with van der Waals surface area (Å²) in [6.45, 7) is 4.53. The third-order valence-electron chi connectivity index (χ3n) is 3.16. The second kappa shape index (κ2) is 5.01. The lowest BCUT2D eigenvalue weighted by atomic mass is 10.2. The molecule has 2 heterocycles. The van der Waals surface area contributed by atoms with E-state index in [9.17, 15) is 8.78 Å². The molecule has 0 fully saturated rings. The number of nitrogens with one attached hydrogen (secondary N) is 1. The number of alkyl halides is 2. The van der Waals surface area contributed by atoms with E-state index in [-0.39, 0.29) is 5.78 Å². The van der Waals surface area contributed by atoms with Crippen LogP contribution in [0.3, 0.4) is 0 Å². The van der Waals surface area contributed by atoms with Gasteiger partial charge in [-0.15, -0.1) is 5.10 Å². The van der Waals surface area contributed by atoms with Gasteiger partial charge < -0.3 is 5.32 Å². The Hall–Kier alpha value is -2.57. The highest BCUT2D eigenvalue weighted by molar-refractivity contribution is 5.59. The van der Waals surface area contributed by atoms with Crippen molar-refractivity contribution in [3.63, 3.8) is 0 Å². The molecule has 0 aliphatic heterocycles. The van der Waals surface area contributed by atoms with Gasteiger partial charge in [0.15, 0.2) is 0 Å². The minimum Gasteiger partial charge on any atom is -0.340 e. The topological polar surface area (TPSA) is 55.1 Å². The molecular weight excluding hydrogens is 288 g/mol. The van der Waals surface area contributed by atoms with E-state index in [1.54, 1.807) is 13.0 Å². The van der Waals surface area contributed by atoms with Crippen molar-refractivity contribution >= 4 is 17.3 Å². The molecule has 3 aromatic rings. The van der Waals surface area contributed by atoms with Gasteiger partial charge in [0, 0.05) is 24.4 Å². The van der Waals surface area contributed by atoms with Crippen molar-refractivity contribution in [2.24, 2.45) is 0 Å². The molecule has 0 aliphatic carbocycles. The van der Waals surface area contributed by atoms with Crippen LogP contribution in [0.25, 0.3) is 5.78 Å². The van der Waals surface area contributed by atoms with Crippen molar-refractivity contribution < 1.29 is 8.78 Å². The number of benzene rings is 1. The zero-order valence-corrected chi connectivity index (χ0v) is 12.4. The first-order valence-corrected chi connectivity index (χ1v) is 6.79. The molecule has 7 heteroatoms. The van der Waals surface area contributed by atoms with Crippen LogP contribution in [-0.4, -0.2) is 19.6 Å². The quantitative estimate of drug-likeness (QED) is 0.803. The number of halogens is 2. The van der Waals surface area contributed by atoms with Crippen LogP contribution in [0.2, 0.25) is 0 Å². The van der Waals surface area contributed by atoms with E-state index in [1.165, 1.54) is 4.52 Å². The Bertz CT molecular complexity index is 818. The van der Waals surface area contributed by atoms with Crippen LogP contribution in [0, 0.1) is 13.8 Å². The summed E-state index contributed by atoms with van der Waals surface area (Å²) in [6, 6.07) is 9.46. The summed E-state index contributed by atoms with van der Waals surface area (Å²) in [5.74, 6) is -2.97. The van der Waals surface area contributed by atoms with Crippen LogP contribution in [0.5, 0.6) is 0 Å². The van der Waals surface area contributed by atoms with Crippen LogP contribution in [0.15, 0.2) is 30.3 Å². The summed E-state index contributed by atoms with van der Waals surface area (Å²) >= 11 is 0. The molecule has 22 heavy (non-hydrogen) atoms. The lowest BCUT2D eigenvalue weighted by molar-refractivity contribution is 0.00801. The lowest BCUT2D eigenvalue weighted by Gasteiger charge is -2.09. The number of nitrogens with zero attached hydrogens (tertiary/aromatic N) is 4. The van der Waals surface area contributed by atoms with Crippen LogP contribution in [-0.2, 0) is 5.92 Å². The van der Waals surface area contributed by atoms with Crippen LogP contribution < -0.4 is 5.32 Å². The molecule has 0 bridgehead atoms. The maximum Gasteiger partial charge on any atom is 0.305 e. The molecule has 0 saturated heterocycles. The molecule has 3 rings (SSSR count). The molecule has 0 atom stereocenters. The SMILES string of the molecule is Cc1ccc(Nc2cc(C)nc3nc(C(C)(F)F)nn23)cc1. The van der Waals surface area contributed by atoms with Crippen molar-refractivity contribution in [1.29, 1.82) is 0 Å². The highest BCUT2D eigenvalue weighted by atomic mass is 19.3. The van der Waals surface area contributed by atoms with Crippen LogP contribution in [0.4, 0.5) is 20.3 Å². The van der Waals surface area contributed by atoms with Crippen LogP contribution in [0.1, 0.15) is 24.0 Å². The van der Waals surface area contributed by atoms with Gasteiger partial charge in [0.1, 0.15) is 5.82 Å². The summed E-state index contributed by atoms with van der Waals surface area (Å²) < 4.78 is 28.1. The highest BCUT2D eigenvalue weighted by Gasteiger charge is 2.30. The zero-order chi connectivity index (χ0) is 15.9. The van der Waals surface area contributed by atoms with Gasteiger partial charge in [0.25, 0.3) is 5.78 Å². The molecule has 0 saturated carbocycles. The predicted octanol–water partition coefficient (Wildman–Crippen LogP) is 3.60. The van der Waals surface area contributed by atoms with Crippen molar-refractivity contribution in [3.05, 3.63) is 47.4 Å². The number of aryl methyl sites for hydroxylation is 2. The Morgan fingerprint density at radius 3 is 2.41 bits per heavy atom. The third-order valence-corrected chi connectivity index (χ3v) is 3.16. The first-order chi connectivity index (χ1) is 10.3. The van der Waals surface area contributed by atoms with E-state index in [1.807, 2.05) is 31.2 Å². The van der Waals surface area contributed by atoms with E-state index in [0.29, 0.717) is 11.5 Å². The fourth-order valence-corrected chi connectivity index (χ4v) is 2.05. The molecular formula is C15H15F2N5. The van der Waals surface area contributed by atoms with Crippen molar-refractivity contribution in [3.8, 4) is 0 Å².